The number of ether oxygens (including phenoxy) is 1. The smallest absolute Gasteiger partial charge is 0.303 e. The molecule has 0 aliphatic carbocycles. The van der Waals surface area contributed by atoms with Crippen LogP contribution >= 0.6 is 11.6 Å². The number of halogens is 1. The highest BCUT2D eigenvalue weighted by Gasteiger charge is 2.33. The minimum Gasteiger partial charge on any atom is -0.497 e. The van der Waals surface area contributed by atoms with Gasteiger partial charge in [0.15, 0.2) is 0 Å². The molecule has 7 nitrogen and oxygen atoms in total. The quantitative estimate of drug-likeness (QED) is 0.362. The molecule has 33 heavy (non-hydrogen) atoms. The monoisotopic (exact) mass is 492 g/mol. The molecule has 0 amide bonds. The Hall–Kier alpha value is -2.39. The first-order valence-corrected chi connectivity index (χ1v) is 12.7. The number of allylic oxidation sites excluding steroid dienone is 1. The Labute approximate surface area is 200 Å². The van der Waals surface area contributed by atoms with E-state index in [9.17, 15) is 13.2 Å². The molecule has 1 heterocycles. The average Bonchev–Trinajstić information content (AvgIpc) is 3.14. The second-order valence-electron chi connectivity index (χ2n) is 8.07. The Morgan fingerprint density at radius 2 is 1.91 bits per heavy atom. The Morgan fingerprint density at radius 3 is 2.55 bits per heavy atom. The molecule has 0 unspecified atom stereocenters. The van der Waals surface area contributed by atoms with Crippen LogP contribution in [0.15, 0.2) is 65.6 Å². The molecule has 2 N–H and O–H groups in total. The summed E-state index contributed by atoms with van der Waals surface area (Å²) < 4.78 is 33.7. The number of aliphatic carboxylic acids is 1. The Balaban J connectivity index is 1.70. The van der Waals surface area contributed by atoms with Gasteiger partial charge in [-0.05, 0) is 61.2 Å². The number of unbranched alkanes of at least 4 members (excludes halogenated alkanes) is 1. The summed E-state index contributed by atoms with van der Waals surface area (Å²) in [7, 11) is -2.05. The molecule has 1 aliphatic heterocycles. The van der Waals surface area contributed by atoms with Crippen LogP contribution in [0.25, 0.3) is 0 Å². The van der Waals surface area contributed by atoms with Gasteiger partial charge in [0.05, 0.1) is 12.0 Å². The van der Waals surface area contributed by atoms with E-state index in [1.165, 1.54) is 12.1 Å². The van der Waals surface area contributed by atoms with Gasteiger partial charge in [-0.3, -0.25) is 9.69 Å². The fourth-order valence-electron chi connectivity index (χ4n) is 3.89. The summed E-state index contributed by atoms with van der Waals surface area (Å²) in [4.78, 5) is 13.1. The van der Waals surface area contributed by atoms with Gasteiger partial charge in [0.1, 0.15) is 5.75 Å². The van der Waals surface area contributed by atoms with Gasteiger partial charge >= 0.3 is 5.97 Å². The summed E-state index contributed by atoms with van der Waals surface area (Å²) in [5.41, 5.74) is 1.10. The number of carboxylic acid groups (broad SMARTS) is 1. The second kappa shape index (κ2) is 11.7. The third kappa shape index (κ3) is 7.57. The minimum atomic E-state index is -3.67. The third-order valence-corrected chi connectivity index (χ3v) is 7.35. The van der Waals surface area contributed by atoms with Crippen molar-refractivity contribution >= 4 is 27.6 Å². The summed E-state index contributed by atoms with van der Waals surface area (Å²) in [5, 5.41) is 9.29. The van der Waals surface area contributed by atoms with Crippen molar-refractivity contribution in [3.8, 4) is 5.75 Å². The van der Waals surface area contributed by atoms with Crippen LogP contribution in [0, 0.1) is 0 Å². The Morgan fingerprint density at radius 1 is 1.21 bits per heavy atom. The number of likely N-dealkylation sites (tertiary alicyclic amines) is 1. The molecule has 2 aromatic carbocycles. The van der Waals surface area contributed by atoms with E-state index >= 15 is 0 Å². The number of nitrogens with zero attached hydrogens (tertiary/aromatic N) is 1. The molecule has 1 aliphatic rings. The number of sulfonamides is 1. The number of rotatable bonds is 11. The van der Waals surface area contributed by atoms with Crippen LogP contribution in [0.1, 0.15) is 31.2 Å². The molecular formula is C24H29ClN2O5S. The van der Waals surface area contributed by atoms with E-state index < -0.39 is 16.0 Å². The lowest BCUT2D eigenvalue weighted by molar-refractivity contribution is -0.137. The van der Waals surface area contributed by atoms with Crippen LogP contribution < -0.4 is 9.46 Å². The molecule has 0 saturated carbocycles. The highest BCUT2D eigenvalue weighted by Crippen LogP contribution is 2.25. The van der Waals surface area contributed by atoms with Gasteiger partial charge in [0.25, 0.3) is 0 Å². The number of carboxylic acids is 1. The van der Waals surface area contributed by atoms with E-state index in [-0.39, 0.29) is 23.4 Å². The van der Waals surface area contributed by atoms with E-state index in [0.29, 0.717) is 37.4 Å². The molecule has 1 saturated heterocycles. The first-order chi connectivity index (χ1) is 15.8. The maximum atomic E-state index is 12.8. The fourth-order valence-corrected chi connectivity index (χ4v) is 5.26. The number of nitrogens with one attached hydrogen (secondary N) is 1. The first kappa shape index (κ1) is 25.2. The molecule has 178 valence electrons. The predicted octanol–water partition coefficient (Wildman–Crippen LogP) is 4.08. The van der Waals surface area contributed by atoms with Crippen molar-refractivity contribution < 1.29 is 23.1 Å². The number of benzene rings is 2. The normalized spacial score (nSPS) is 19.2. The van der Waals surface area contributed by atoms with E-state index in [1.54, 1.807) is 19.2 Å². The van der Waals surface area contributed by atoms with Crippen molar-refractivity contribution in [2.75, 3.05) is 13.7 Å². The summed E-state index contributed by atoms with van der Waals surface area (Å²) >= 11 is 5.88. The molecule has 2 aromatic rings. The van der Waals surface area contributed by atoms with Crippen LogP contribution in [-0.4, -0.2) is 50.1 Å². The second-order valence-corrected chi connectivity index (χ2v) is 10.2. The molecular weight excluding hydrogens is 464 g/mol. The van der Waals surface area contributed by atoms with Crippen LogP contribution in [0.3, 0.4) is 0 Å². The zero-order valence-electron chi connectivity index (χ0n) is 18.5. The first-order valence-electron chi connectivity index (χ1n) is 10.8. The minimum absolute atomic E-state index is 0.0369. The molecule has 0 bridgehead atoms. The van der Waals surface area contributed by atoms with Crippen LogP contribution in [-0.2, 0) is 21.4 Å². The highest BCUT2D eigenvalue weighted by atomic mass is 35.5. The predicted molar refractivity (Wildman–Crippen MR) is 128 cm³/mol. The van der Waals surface area contributed by atoms with Crippen molar-refractivity contribution in [1.82, 2.24) is 9.62 Å². The molecule has 3 rings (SSSR count). The SMILES string of the molecule is COc1ccc(CN2C[C@H](NS(=O)(=O)c3ccc(Cl)cc3)C[C@H]2/C=C\CCCC(=O)O)cc1. The summed E-state index contributed by atoms with van der Waals surface area (Å²) in [6, 6.07) is 13.7. The molecule has 2 atom stereocenters. The van der Waals surface area contributed by atoms with Crippen molar-refractivity contribution in [3.63, 3.8) is 0 Å². The topological polar surface area (TPSA) is 95.9 Å². The molecule has 1 fully saturated rings. The summed E-state index contributed by atoms with van der Waals surface area (Å²) in [6.45, 7) is 1.22. The van der Waals surface area contributed by atoms with E-state index in [0.717, 1.165) is 11.3 Å². The lowest BCUT2D eigenvalue weighted by Gasteiger charge is -2.22. The third-order valence-electron chi connectivity index (χ3n) is 5.56. The molecule has 0 radical (unpaired) electrons. The van der Waals surface area contributed by atoms with Gasteiger partial charge in [-0.25, -0.2) is 13.1 Å². The van der Waals surface area contributed by atoms with E-state index in [1.807, 2.05) is 30.3 Å². The van der Waals surface area contributed by atoms with Crippen molar-refractivity contribution in [2.45, 2.75) is 49.2 Å². The lowest BCUT2D eigenvalue weighted by Crippen LogP contribution is -2.37. The average molecular weight is 493 g/mol. The zero-order valence-corrected chi connectivity index (χ0v) is 20.1. The van der Waals surface area contributed by atoms with E-state index in [4.69, 9.17) is 21.4 Å². The van der Waals surface area contributed by atoms with Gasteiger partial charge < -0.3 is 9.84 Å². The standard InChI is InChI=1S/C24H29ClN2O5S/c1-32-22-11-7-18(8-12-22)16-27-17-20(15-21(27)5-3-2-4-6-24(28)29)26-33(30,31)23-13-9-19(25)10-14-23/h3,5,7-14,20-21,26H,2,4,6,15-17H2,1H3,(H,28,29)/b5-3-/t20-,21-/m1/s1. The fraction of sp³-hybridized carbons (Fsp3) is 0.375. The van der Waals surface area contributed by atoms with Gasteiger partial charge in [-0.2, -0.15) is 0 Å². The number of hydrogen-bond acceptors (Lipinski definition) is 5. The molecule has 9 heteroatoms. The van der Waals surface area contributed by atoms with Gasteiger partial charge in [-0.15, -0.1) is 0 Å². The number of methoxy groups -OCH3 is 1. The van der Waals surface area contributed by atoms with Crippen molar-refractivity contribution in [3.05, 3.63) is 71.3 Å². The summed E-state index contributed by atoms with van der Waals surface area (Å²) in [6.07, 6.45) is 6.04. The highest BCUT2D eigenvalue weighted by molar-refractivity contribution is 7.89. The zero-order chi connectivity index (χ0) is 23.8. The molecule has 0 spiro atoms. The van der Waals surface area contributed by atoms with Crippen molar-refractivity contribution in [1.29, 1.82) is 0 Å². The Kier molecular flexibility index (Phi) is 8.91. The number of hydrogen-bond donors (Lipinski definition) is 2. The van der Waals surface area contributed by atoms with Crippen molar-refractivity contribution in [2.24, 2.45) is 0 Å². The van der Waals surface area contributed by atoms with Gasteiger partial charge in [0.2, 0.25) is 10.0 Å². The maximum absolute atomic E-state index is 12.8. The maximum Gasteiger partial charge on any atom is 0.303 e. The summed E-state index contributed by atoms with van der Waals surface area (Å²) in [5.74, 6) is -0.0225. The van der Waals surface area contributed by atoms with Gasteiger partial charge in [-0.1, -0.05) is 35.9 Å². The lowest BCUT2D eigenvalue weighted by atomic mass is 10.1. The van der Waals surface area contributed by atoms with Crippen LogP contribution in [0.4, 0.5) is 0 Å². The van der Waals surface area contributed by atoms with Crippen LogP contribution in [0.2, 0.25) is 5.02 Å². The number of carbonyl (C=O) groups is 1. The molecule has 0 aromatic heterocycles. The largest absolute Gasteiger partial charge is 0.497 e. The van der Waals surface area contributed by atoms with Gasteiger partial charge in [0, 0.05) is 36.6 Å². The van der Waals surface area contributed by atoms with Crippen LogP contribution in [0.5, 0.6) is 5.75 Å². The van der Waals surface area contributed by atoms with E-state index in [2.05, 4.69) is 15.7 Å². The Bertz CT molecular complexity index is 1060.